The zero-order chi connectivity index (χ0) is 13.8. The van der Waals surface area contributed by atoms with Crippen LogP contribution < -0.4 is 0 Å². The van der Waals surface area contributed by atoms with Crippen LogP contribution in [0.25, 0.3) is 22.6 Å². The molecule has 1 N–H and O–H groups in total. The third-order valence-corrected chi connectivity index (χ3v) is 2.83. The fourth-order valence-electron chi connectivity index (χ4n) is 2.04. The van der Waals surface area contributed by atoms with E-state index in [0.717, 1.165) is 28.2 Å². The molecule has 1 aromatic carbocycles. The van der Waals surface area contributed by atoms with Crippen LogP contribution in [0.2, 0.25) is 0 Å². The molecule has 0 aliphatic carbocycles. The molecule has 0 atom stereocenters. The molecule has 0 aliphatic heterocycles. The summed E-state index contributed by atoms with van der Waals surface area (Å²) in [5.74, 6) is 0.877. The molecule has 0 aliphatic rings. The Bertz CT molecular complexity index is 669. The third kappa shape index (κ3) is 2.65. The van der Waals surface area contributed by atoms with E-state index in [-0.39, 0.29) is 0 Å². The number of hydrogen-bond acceptors (Lipinski definition) is 2. The van der Waals surface area contributed by atoms with Gasteiger partial charge in [0.15, 0.2) is 5.65 Å². The first-order chi connectivity index (χ1) is 9.24. The first-order valence-corrected chi connectivity index (χ1v) is 6.63. The number of H-pyrrole nitrogens is 1. The minimum Gasteiger partial charge on any atom is -0.336 e. The van der Waals surface area contributed by atoms with E-state index in [1.54, 1.807) is 0 Å². The Morgan fingerprint density at radius 3 is 2.32 bits per heavy atom. The number of hydrogen-bond donors (Lipinski definition) is 1. The van der Waals surface area contributed by atoms with Crippen molar-refractivity contribution in [3.05, 3.63) is 47.7 Å². The van der Waals surface area contributed by atoms with E-state index in [2.05, 4.69) is 27.9 Å². The van der Waals surface area contributed by atoms with Crippen LogP contribution >= 0.6 is 0 Å². The Balaban J connectivity index is 0.000000637. The number of rotatable bonds is 1. The van der Waals surface area contributed by atoms with E-state index in [1.807, 2.05) is 51.1 Å². The highest BCUT2D eigenvalue weighted by molar-refractivity contribution is 5.79. The summed E-state index contributed by atoms with van der Waals surface area (Å²) in [6.45, 7) is 8.06. The Kier molecular flexibility index (Phi) is 3.95. The normalized spacial score (nSPS) is 10.1. The lowest BCUT2D eigenvalue weighted by Gasteiger charge is -1.95. The topological polar surface area (TPSA) is 41.6 Å². The predicted molar refractivity (Wildman–Crippen MR) is 80.1 cm³/mol. The fourth-order valence-corrected chi connectivity index (χ4v) is 2.04. The molecule has 2 heterocycles. The summed E-state index contributed by atoms with van der Waals surface area (Å²) in [5, 5.41) is 0. The number of imidazole rings is 1. The molecule has 3 nitrogen and oxygen atoms in total. The maximum Gasteiger partial charge on any atom is 0.178 e. The van der Waals surface area contributed by atoms with Gasteiger partial charge < -0.3 is 4.98 Å². The lowest BCUT2D eigenvalue weighted by Crippen LogP contribution is -1.85. The van der Waals surface area contributed by atoms with Gasteiger partial charge in [-0.1, -0.05) is 44.2 Å². The maximum absolute atomic E-state index is 4.54. The highest BCUT2D eigenvalue weighted by atomic mass is 15.0. The van der Waals surface area contributed by atoms with Gasteiger partial charge in [-0.3, -0.25) is 0 Å². The average molecular weight is 253 g/mol. The van der Waals surface area contributed by atoms with Gasteiger partial charge in [0, 0.05) is 11.3 Å². The monoisotopic (exact) mass is 253 g/mol. The number of nitrogens with one attached hydrogen (secondary N) is 1. The average Bonchev–Trinajstić information content (AvgIpc) is 2.86. The summed E-state index contributed by atoms with van der Waals surface area (Å²) >= 11 is 0. The molecular formula is C16H19N3. The molecule has 98 valence electrons. The largest absolute Gasteiger partial charge is 0.336 e. The molecule has 0 saturated carbocycles. The summed E-state index contributed by atoms with van der Waals surface area (Å²) in [6.07, 6.45) is 0. The van der Waals surface area contributed by atoms with Crippen LogP contribution in [-0.4, -0.2) is 15.0 Å². The van der Waals surface area contributed by atoms with Gasteiger partial charge in [0.25, 0.3) is 0 Å². The van der Waals surface area contributed by atoms with Crippen LogP contribution in [0.15, 0.2) is 36.4 Å². The standard InChI is InChI=1S/C14H13N3.C2H6/c1-9-8-10(2)15-14-12(9)16-13(17-14)11-6-4-3-5-7-11;1-2/h3-8H,1-2H3,(H,15,16,17);1-2H3. The van der Waals surface area contributed by atoms with Crippen LogP contribution in [0.5, 0.6) is 0 Å². The Hall–Kier alpha value is -2.16. The number of benzene rings is 1. The van der Waals surface area contributed by atoms with Crippen LogP contribution in [0.1, 0.15) is 25.1 Å². The molecule has 0 bridgehead atoms. The predicted octanol–water partition coefficient (Wildman–Crippen LogP) is 4.27. The van der Waals surface area contributed by atoms with E-state index >= 15 is 0 Å². The fraction of sp³-hybridized carbons (Fsp3) is 0.250. The number of nitrogens with zero attached hydrogens (tertiary/aromatic N) is 2. The van der Waals surface area contributed by atoms with E-state index in [1.165, 1.54) is 5.56 Å². The highest BCUT2D eigenvalue weighted by Crippen LogP contribution is 2.21. The van der Waals surface area contributed by atoms with E-state index in [0.29, 0.717) is 0 Å². The van der Waals surface area contributed by atoms with Crippen molar-refractivity contribution in [2.45, 2.75) is 27.7 Å². The molecule has 0 spiro atoms. The SMILES string of the molecule is CC.Cc1cc(C)c2[nH]c(-c3ccccc3)nc2n1. The lowest BCUT2D eigenvalue weighted by molar-refractivity contribution is 1.21. The van der Waals surface area contributed by atoms with Crippen LogP contribution in [-0.2, 0) is 0 Å². The Labute approximate surface area is 113 Å². The van der Waals surface area contributed by atoms with Crippen molar-refractivity contribution in [3.63, 3.8) is 0 Å². The van der Waals surface area contributed by atoms with Crippen molar-refractivity contribution in [1.82, 2.24) is 15.0 Å². The molecule has 0 fully saturated rings. The smallest absolute Gasteiger partial charge is 0.178 e. The number of fused-ring (bicyclic) bond motifs is 1. The first-order valence-electron chi connectivity index (χ1n) is 6.63. The molecule has 19 heavy (non-hydrogen) atoms. The van der Waals surface area contributed by atoms with Crippen molar-refractivity contribution in [2.24, 2.45) is 0 Å². The van der Waals surface area contributed by atoms with Gasteiger partial charge in [-0.15, -0.1) is 0 Å². The van der Waals surface area contributed by atoms with Crippen molar-refractivity contribution in [3.8, 4) is 11.4 Å². The highest BCUT2D eigenvalue weighted by Gasteiger charge is 2.08. The van der Waals surface area contributed by atoms with Crippen LogP contribution in [0.4, 0.5) is 0 Å². The van der Waals surface area contributed by atoms with Crippen LogP contribution in [0.3, 0.4) is 0 Å². The number of aryl methyl sites for hydroxylation is 2. The Morgan fingerprint density at radius 2 is 1.63 bits per heavy atom. The Morgan fingerprint density at radius 1 is 0.947 bits per heavy atom. The van der Waals surface area contributed by atoms with Gasteiger partial charge in [0.2, 0.25) is 0 Å². The van der Waals surface area contributed by atoms with Gasteiger partial charge in [0.1, 0.15) is 5.82 Å². The zero-order valence-corrected chi connectivity index (χ0v) is 11.9. The number of aromatic amines is 1. The van der Waals surface area contributed by atoms with Gasteiger partial charge in [0.05, 0.1) is 5.52 Å². The van der Waals surface area contributed by atoms with E-state index in [4.69, 9.17) is 0 Å². The van der Waals surface area contributed by atoms with Gasteiger partial charge in [-0.2, -0.15) is 0 Å². The molecule has 0 saturated heterocycles. The molecule has 0 radical (unpaired) electrons. The van der Waals surface area contributed by atoms with Crippen molar-refractivity contribution < 1.29 is 0 Å². The molecule has 3 rings (SSSR count). The van der Waals surface area contributed by atoms with Gasteiger partial charge in [-0.05, 0) is 25.5 Å². The number of pyridine rings is 1. The summed E-state index contributed by atoms with van der Waals surface area (Å²) in [7, 11) is 0. The van der Waals surface area contributed by atoms with Gasteiger partial charge in [-0.25, -0.2) is 9.97 Å². The minimum absolute atomic E-state index is 0.793. The lowest BCUT2D eigenvalue weighted by atomic mass is 10.2. The van der Waals surface area contributed by atoms with Crippen molar-refractivity contribution >= 4 is 11.2 Å². The van der Waals surface area contributed by atoms with Crippen molar-refractivity contribution in [1.29, 1.82) is 0 Å². The quantitative estimate of drug-likeness (QED) is 0.703. The summed E-state index contributed by atoms with van der Waals surface area (Å²) in [4.78, 5) is 12.3. The number of aromatic nitrogens is 3. The second-order valence-electron chi connectivity index (χ2n) is 4.23. The minimum atomic E-state index is 0.793. The first kappa shape index (κ1) is 13.3. The molecule has 2 aromatic heterocycles. The summed E-state index contributed by atoms with van der Waals surface area (Å²) in [6, 6.07) is 12.2. The molecule has 3 heteroatoms. The van der Waals surface area contributed by atoms with E-state index in [9.17, 15) is 0 Å². The van der Waals surface area contributed by atoms with Crippen molar-refractivity contribution in [2.75, 3.05) is 0 Å². The van der Waals surface area contributed by atoms with Crippen LogP contribution in [0, 0.1) is 13.8 Å². The second kappa shape index (κ2) is 5.65. The molecular weight excluding hydrogens is 234 g/mol. The second-order valence-corrected chi connectivity index (χ2v) is 4.23. The molecule has 3 aromatic rings. The molecule has 0 unspecified atom stereocenters. The maximum atomic E-state index is 4.54. The van der Waals surface area contributed by atoms with E-state index < -0.39 is 0 Å². The molecule has 0 amide bonds. The van der Waals surface area contributed by atoms with Gasteiger partial charge >= 0.3 is 0 Å². The summed E-state index contributed by atoms with van der Waals surface area (Å²) in [5.41, 5.74) is 5.08. The zero-order valence-electron chi connectivity index (χ0n) is 11.9. The summed E-state index contributed by atoms with van der Waals surface area (Å²) < 4.78 is 0. The third-order valence-electron chi connectivity index (χ3n) is 2.83.